The first-order chi connectivity index (χ1) is 11.2. The first-order valence-electron chi connectivity index (χ1n) is 7.17. The van der Waals surface area contributed by atoms with Gasteiger partial charge in [0.1, 0.15) is 0 Å². The van der Waals surface area contributed by atoms with Crippen molar-refractivity contribution in [1.82, 2.24) is 15.4 Å². The summed E-state index contributed by atoms with van der Waals surface area (Å²) in [5, 5.41) is 4.70. The van der Waals surface area contributed by atoms with Crippen LogP contribution in [0.4, 0.5) is 0 Å². The Morgan fingerprint density at radius 1 is 1.30 bits per heavy atom. The molecule has 2 N–H and O–H groups in total. The monoisotopic (exact) mass is 324 g/mol. The van der Waals surface area contributed by atoms with E-state index in [1.165, 1.54) is 11.8 Å². The minimum Gasteiger partial charge on any atom is -0.333 e. The molecule has 0 unspecified atom stereocenters. The third-order valence-electron chi connectivity index (χ3n) is 3.15. The van der Waals surface area contributed by atoms with Gasteiger partial charge in [-0.2, -0.15) is 5.10 Å². The highest BCUT2D eigenvalue weighted by Crippen LogP contribution is 2.18. The first-order valence-corrected chi connectivity index (χ1v) is 8.15. The molecule has 0 spiro atoms. The zero-order valence-electron chi connectivity index (χ0n) is 12.6. The maximum atomic E-state index is 11.8. The van der Waals surface area contributed by atoms with Gasteiger partial charge < -0.3 is 4.98 Å². The molecule has 0 bridgehead atoms. The highest BCUT2D eigenvalue weighted by atomic mass is 32.2. The maximum absolute atomic E-state index is 11.8. The van der Waals surface area contributed by atoms with E-state index in [1.807, 2.05) is 55.5 Å². The smallest absolute Gasteiger partial charge is 0.250 e. The van der Waals surface area contributed by atoms with Gasteiger partial charge in [-0.1, -0.05) is 53.7 Å². The van der Waals surface area contributed by atoms with E-state index < -0.39 is 0 Å². The van der Waals surface area contributed by atoms with Crippen LogP contribution in [0.1, 0.15) is 11.1 Å². The Morgan fingerprint density at radius 2 is 2.17 bits per heavy atom. The van der Waals surface area contributed by atoms with Crippen molar-refractivity contribution in [2.45, 2.75) is 12.1 Å². The van der Waals surface area contributed by atoms with Crippen LogP contribution in [0.2, 0.25) is 0 Å². The van der Waals surface area contributed by atoms with Crippen LogP contribution in [0.15, 0.2) is 58.8 Å². The van der Waals surface area contributed by atoms with Gasteiger partial charge in [-0.05, 0) is 24.6 Å². The largest absolute Gasteiger partial charge is 0.333 e. The summed E-state index contributed by atoms with van der Waals surface area (Å²) in [6.45, 7) is 2.01. The van der Waals surface area contributed by atoms with Crippen molar-refractivity contribution in [3.8, 4) is 0 Å². The number of carbonyl (C=O) groups is 1. The minimum atomic E-state index is -0.167. The molecule has 0 saturated carbocycles. The molecule has 0 aliphatic rings. The van der Waals surface area contributed by atoms with Crippen LogP contribution in [-0.2, 0) is 4.79 Å². The molecule has 0 atom stereocenters. The molecule has 1 aromatic heterocycles. The molecule has 1 amide bonds. The number of thioether (sulfide) groups is 1. The molecule has 3 rings (SSSR count). The summed E-state index contributed by atoms with van der Waals surface area (Å²) in [7, 11) is 0. The SMILES string of the molecule is Cc1cccc(/C=N\NC(=O)CSc2nc3ccccc3[nH]2)c1. The molecular formula is C17H16N4OS. The van der Waals surface area contributed by atoms with Crippen LogP contribution in [0.3, 0.4) is 0 Å². The fourth-order valence-electron chi connectivity index (χ4n) is 2.09. The van der Waals surface area contributed by atoms with Gasteiger partial charge in [0.25, 0.3) is 5.91 Å². The van der Waals surface area contributed by atoms with Gasteiger partial charge in [0.2, 0.25) is 0 Å². The van der Waals surface area contributed by atoms with E-state index in [9.17, 15) is 4.79 Å². The summed E-state index contributed by atoms with van der Waals surface area (Å²) in [4.78, 5) is 19.4. The number of carbonyl (C=O) groups excluding carboxylic acids is 1. The molecule has 2 aromatic carbocycles. The number of para-hydroxylation sites is 2. The Labute approximate surface area is 138 Å². The van der Waals surface area contributed by atoms with Crippen LogP contribution >= 0.6 is 11.8 Å². The van der Waals surface area contributed by atoms with E-state index in [4.69, 9.17) is 0 Å². The number of nitrogens with one attached hydrogen (secondary N) is 2. The lowest BCUT2D eigenvalue weighted by atomic mass is 10.2. The molecule has 23 heavy (non-hydrogen) atoms. The Morgan fingerprint density at radius 3 is 3.00 bits per heavy atom. The van der Waals surface area contributed by atoms with Gasteiger partial charge in [-0.25, -0.2) is 10.4 Å². The zero-order chi connectivity index (χ0) is 16.1. The molecule has 0 fully saturated rings. The fraction of sp³-hybridized carbons (Fsp3) is 0.118. The second-order valence-corrected chi connectivity index (χ2v) is 6.02. The van der Waals surface area contributed by atoms with E-state index in [0.29, 0.717) is 0 Å². The Kier molecular flexibility index (Phi) is 4.73. The Bertz CT molecular complexity index is 823. The van der Waals surface area contributed by atoms with Crippen LogP contribution in [0, 0.1) is 6.92 Å². The lowest BCUT2D eigenvalue weighted by Crippen LogP contribution is -2.19. The number of imidazole rings is 1. The standard InChI is InChI=1S/C17H16N4OS/c1-12-5-4-6-13(9-12)10-18-21-16(22)11-23-17-19-14-7-2-3-8-15(14)20-17/h2-10H,11H2,1H3,(H,19,20)(H,21,22)/b18-10-. The number of aromatic amines is 1. The molecule has 3 aromatic rings. The molecule has 5 nitrogen and oxygen atoms in total. The Balaban J connectivity index is 1.51. The number of amides is 1. The number of H-pyrrole nitrogens is 1. The summed E-state index contributed by atoms with van der Waals surface area (Å²) < 4.78 is 0. The van der Waals surface area contributed by atoms with Crippen LogP contribution in [0.25, 0.3) is 11.0 Å². The zero-order valence-corrected chi connectivity index (χ0v) is 13.4. The molecule has 0 saturated heterocycles. The molecule has 116 valence electrons. The number of benzene rings is 2. The molecule has 0 aliphatic heterocycles. The normalized spacial score (nSPS) is 11.2. The average Bonchev–Trinajstić information content (AvgIpc) is 2.96. The number of nitrogens with zero attached hydrogens (tertiary/aromatic N) is 2. The van der Waals surface area contributed by atoms with E-state index in [-0.39, 0.29) is 11.7 Å². The van der Waals surface area contributed by atoms with Crippen LogP contribution in [-0.4, -0.2) is 27.8 Å². The summed E-state index contributed by atoms with van der Waals surface area (Å²) in [6.07, 6.45) is 1.64. The van der Waals surface area contributed by atoms with Gasteiger partial charge >= 0.3 is 0 Å². The van der Waals surface area contributed by atoms with Crippen molar-refractivity contribution in [2.75, 3.05) is 5.75 Å². The molecule has 0 radical (unpaired) electrons. The van der Waals surface area contributed by atoms with E-state index >= 15 is 0 Å². The number of fused-ring (bicyclic) bond motifs is 1. The third-order valence-corrected chi connectivity index (χ3v) is 4.03. The van der Waals surface area contributed by atoms with Crippen LogP contribution in [0.5, 0.6) is 0 Å². The topological polar surface area (TPSA) is 70.1 Å². The van der Waals surface area contributed by atoms with Gasteiger partial charge in [0.15, 0.2) is 5.16 Å². The van der Waals surface area contributed by atoms with Crippen LogP contribution < -0.4 is 5.43 Å². The maximum Gasteiger partial charge on any atom is 0.250 e. The molecule has 0 aliphatic carbocycles. The predicted molar refractivity (Wildman–Crippen MR) is 93.7 cm³/mol. The number of hydrogen-bond donors (Lipinski definition) is 2. The lowest BCUT2D eigenvalue weighted by Gasteiger charge is -1.98. The number of aryl methyl sites for hydroxylation is 1. The van der Waals surface area contributed by atoms with Crippen molar-refractivity contribution in [2.24, 2.45) is 5.10 Å². The predicted octanol–water partition coefficient (Wildman–Crippen LogP) is 3.11. The number of aromatic nitrogens is 2. The summed E-state index contributed by atoms with van der Waals surface area (Å²) in [5.41, 5.74) is 6.49. The summed E-state index contributed by atoms with van der Waals surface area (Å²) in [5.74, 6) is 0.0877. The Hall–Kier alpha value is -2.60. The highest BCUT2D eigenvalue weighted by Gasteiger charge is 2.06. The fourth-order valence-corrected chi connectivity index (χ4v) is 2.77. The summed E-state index contributed by atoms with van der Waals surface area (Å²) >= 11 is 1.35. The first kappa shape index (κ1) is 15.3. The highest BCUT2D eigenvalue weighted by molar-refractivity contribution is 7.99. The summed E-state index contributed by atoms with van der Waals surface area (Å²) in [6, 6.07) is 15.7. The molecule has 1 heterocycles. The van der Waals surface area contributed by atoms with Crippen molar-refractivity contribution in [1.29, 1.82) is 0 Å². The lowest BCUT2D eigenvalue weighted by molar-refractivity contribution is -0.118. The van der Waals surface area contributed by atoms with E-state index in [1.54, 1.807) is 6.21 Å². The van der Waals surface area contributed by atoms with Crippen molar-refractivity contribution >= 4 is 34.9 Å². The molecule has 6 heteroatoms. The van der Waals surface area contributed by atoms with Gasteiger partial charge in [-0.15, -0.1) is 0 Å². The van der Waals surface area contributed by atoms with Gasteiger partial charge in [0.05, 0.1) is 23.0 Å². The average molecular weight is 324 g/mol. The second kappa shape index (κ2) is 7.11. The number of hydrogen-bond acceptors (Lipinski definition) is 4. The van der Waals surface area contributed by atoms with E-state index in [2.05, 4.69) is 20.5 Å². The number of rotatable bonds is 5. The third kappa shape index (κ3) is 4.20. The quantitative estimate of drug-likeness (QED) is 0.430. The van der Waals surface area contributed by atoms with Crippen molar-refractivity contribution in [3.05, 3.63) is 59.7 Å². The van der Waals surface area contributed by atoms with Crippen molar-refractivity contribution in [3.63, 3.8) is 0 Å². The second-order valence-electron chi connectivity index (χ2n) is 5.06. The van der Waals surface area contributed by atoms with Gasteiger partial charge in [-0.3, -0.25) is 4.79 Å². The van der Waals surface area contributed by atoms with Crippen molar-refractivity contribution < 1.29 is 4.79 Å². The minimum absolute atomic E-state index is 0.167. The number of hydrazone groups is 1. The van der Waals surface area contributed by atoms with Gasteiger partial charge in [0, 0.05) is 0 Å². The van der Waals surface area contributed by atoms with E-state index in [0.717, 1.165) is 27.3 Å². The molecular weight excluding hydrogens is 308 g/mol.